The van der Waals surface area contributed by atoms with Gasteiger partial charge in [-0.3, -0.25) is 9.89 Å². The van der Waals surface area contributed by atoms with E-state index in [9.17, 15) is 4.79 Å². The van der Waals surface area contributed by atoms with Crippen LogP contribution < -0.4 is 0 Å². The second kappa shape index (κ2) is 6.95. The van der Waals surface area contributed by atoms with Gasteiger partial charge in [0.1, 0.15) is 5.76 Å². The molecule has 1 N–H and O–H groups in total. The van der Waals surface area contributed by atoms with Crippen molar-refractivity contribution in [2.24, 2.45) is 0 Å². The van der Waals surface area contributed by atoms with E-state index in [-0.39, 0.29) is 5.91 Å². The molecular formula is C18H19N5O2S. The molecule has 3 aromatic heterocycles. The molecule has 0 atom stereocenters. The van der Waals surface area contributed by atoms with Gasteiger partial charge < -0.3 is 9.32 Å². The van der Waals surface area contributed by atoms with Crippen LogP contribution >= 0.6 is 11.8 Å². The van der Waals surface area contributed by atoms with Gasteiger partial charge in [-0.15, -0.1) is 0 Å². The van der Waals surface area contributed by atoms with Gasteiger partial charge in [0.2, 0.25) is 0 Å². The maximum atomic E-state index is 12.7. The van der Waals surface area contributed by atoms with E-state index < -0.39 is 0 Å². The second-order valence-corrected chi connectivity index (χ2v) is 7.28. The van der Waals surface area contributed by atoms with E-state index in [4.69, 9.17) is 4.42 Å². The number of nitrogens with one attached hydrogen (secondary N) is 1. The smallest absolute Gasteiger partial charge is 0.289 e. The molecule has 0 saturated carbocycles. The highest BCUT2D eigenvalue weighted by Gasteiger charge is 2.25. The molecule has 3 aromatic rings. The highest BCUT2D eigenvalue weighted by molar-refractivity contribution is 7.98. The third-order valence-electron chi connectivity index (χ3n) is 4.27. The first kappa shape index (κ1) is 16.8. The minimum Gasteiger partial charge on any atom is -0.455 e. The number of thioether (sulfide) groups is 1. The fraction of sp³-hybridized carbons (Fsp3) is 0.333. The molecule has 1 amide bonds. The molecule has 0 radical (unpaired) electrons. The first-order valence-corrected chi connectivity index (χ1v) is 9.41. The molecule has 0 saturated heterocycles. The Bertz CT molecular complexity index is 928. The van der Waals surface area contributed by atoms with Crippen LogP contribution in [0.3, 0.4) is 0 Å². The fourth-order valence-electron chi connectivity index (χ4n) is 3.02. The Labute approximate surface area is 155 Å². The Balaban J connectivity index is 1.40. The van der Waals surface area contributed by atoms with Crippen molar-refractivity contribution in [2.45, 2.75) is 37.7 Å². The Morgan fingerprint density at radius 2 is 2.12 bits per heavy atom. The zero-order valence-corrected chi connectivity index (χ0v) is 15.5. The number of aromatic amines is 1. The molecule has 1 aliphatic rings. The van der Waals surface area contributed by atoms with Crippen LogP contribution in [0.1, 0.15) is 39.0 Å². The monoisotopic (exact) mass is 369 g/mol. The summed E-state index contributed by atoms with van der Waals surface area (Å²) in [5.74, 6) is 1.61. The summed E-state index contributed by atoms with van der Waals surface area (Å²) in [5.41, 5.74) is 4.07. The average Bonchev–Trinajstić information content (AvgIpc) is 3.27. The predicted octanol–water partition coefficient (Wildman–Crippen LogP) is 2.90. The zero-order valence-electron chi connectivity index (χ0n) is 14.7. The van der Waals surface area contributed by atoms with Crippen molar-refractivity contribution >= 4 is 17.7 Å². The van der Waals surface area contributed by atoms with Crippen LogP contribution in [-0.4, -0.2) is 37.5 Å². The molecule has 8 heteroatoms. The minimum atomic E-state index is -0.0873. The fourth-order valence-corrected chi connectivity index (χ4v) is 3.86. The normalized spacial score (nSPS) is 13.7. The summed E-state index contributed by atoms with van der Waals surface area (Å²) in [4.78, 5) is 23.3. The summed E-state index contributed by atoms with van der Waals surface area (Å²) in [7, 11) is 0. The van der Waals surface area contributed by atoms with E-state index in [1.165, 1.54) is 11.8 Å². The summed E-state index contributed by atoms with van der Waals surface area (Å²) in [5, 5.41) is 7.73. The van der Waals surface area contributed by atoms with Gasteiger partial charge >= 0.3 is 0 Å². The van der Waals surface area contributed by atoms with Crippen LogP contribution in [0.15, 0.2) is 34.0 Å². The number of carbonyl (C=O) groups is 1. The lowest BCUT2D eigenvalue weighted by Gasteiger charge is -2.25. The number of rotatable bonds is 4. The summed E-state index contributed by atoms with van der Waals surface area (Å²) in [6, 6.07) is 5.53. The molecule has 7 nitrogen and oxygen atoms in total. The maximum absolute atomic E-state index is 12.7. The highest BCUT2D eigenvalue weighted by atomic mass is 32.2. The summed E-state index contributed by atoms with van der Waals surface area (Å²) >= 11 is 1.50. The van der Waals surface area contributed by atoms with E-state index in [2.05, 4.69) is 20.2 Å². The Kier molecular flexibility index (Phi) is 4.50. The molecule has 134 valence electrons. The third-order valence-corrected chi connectivity index (χ3v) is 5.14. The molecule has 0 fully saturated rings. The first-order chi connectivity index (χ1) is 12.6. The molecule has 4 rings (SSSR count). The number of carbonyl (C=O) groups excluding carboxylic acids is 1. The van der Waals surface area contributed by atoms with Gasteiger partial charge in [0.05, 0.1) is 11.9 Å². The largest absolute Gasteiger partial charge is 0.455 e. The van der Waals surface area contributed by atoms with E-state index in [1.54, 1.807) is 17.2 Å². The van der Waals surface area contributed by atoms with Gasteiger partial charge in [-0.25, -0.2) is 9.97 Å². The van der Waals surface area contributed by atoms with Crippen molar-refractivity contribution < 1.29 is 9.21 Å². The average molecular weight is 369 g/mol. The van der Waals surface area contributed by atoms with E-state index in [0.717, 1.165) is 40.0 Å². The molecule has 0 unspecified atom stereocenters. The number of hydrogen-bond donors (Lipinski definition) is 1. The van der Waals surface area contributed by atoms with Crippen LogP contribution in [0.25, 0.3) is 0 Å². The maximum Gasteiger partial charge on any atom is 0.289 e. The number of H-pyrrole nitrogens is 1. The Morgan fingerprint density at radius 3 is 2.92 bits per heavy atom. The van der Waals surface area contributed by atoms with E-state index >= 15 is 0 Å². The standard InChI is InChI=1S/C18H19N5O2S/c1-11-7-12(2)21-18(20-11)26-10-14-3-4-16(25-14)17(24)23-6-5-15-13(9-23)8-19-22-15/h3-4,7-8H,5-6,9-10H2,1-2H3,(H,19,22). The summed E-state index contributed by atoms with van der Waals surface area (Å²) in [6.45, 7) is 5.12. The number of furan rings is 1. The number of amides is 1. The van der Waals surface area contributed by atoms with Crippen molar-refractivity contribution in [1.82, 2.24) is 25.1 Å². The van der Waals surface area contributed by atoms with Gasteiger partial charge in [-0.2, -0.15) is 5.10 Å². The van der Waals surface area contributed by atoms with Crippen LogP contribution in [0.5, 0.6) is 0 Å². The van der Waals surface area contributed by atoms with Crippen molar-refractivity contribution in [2.75, 3.05) is 6.54 Å². The van der Waals surface area contributed by atoms with E-state index in [1.807, 2.05) is 26.0 Å². The number of hydrogen-bond acceptors (Lipinski definition) is 6. The quantitative estimate of drug-likeness (QED) is 0.562. The lowest BCUT2D eigenvalue weighted by Crippen LogP contribution is -2.35. The summed E-state index contributed by atoms with van der Waals surface area (Å²) < 4.78 is 5.76. The second-order valence-electron chi connectivity index (χ2n) is 6.34. The molecule has 0 bridgehead atoms. The number of fused-ring (bicyclic) bond motifs is 1. The lowest BCUT2D eigenvalue weighted by molar-refractivity contribution is 0.0700. The van der Waals surface area contributed by atoms with Crippen LogP contribution in [0.2, 0.25) is 0 Å². The Hall–Kier alpha value is -2.61. The van der Waals surface area contributed by atoms with Crippen molar-refractivity contribution in [3.05, 3.63) is 58.6 Å². The zero-order chi connectivity index (χ0) is 18.1. The predicted molar refractivity (Wildman–Crippen MR) is 96.8 cm³/mol. The van der Waals surface area contributed by atoms with Crippen molar-refractivity contribution in [1.29, 1.82) is 0 Å². The van der Waals surface area contributed by atoms with Gasteiger partial charge in [-0.1, -0.05) is 11.8 Å². The third kappa shape index (κ3) is 3.50. The summed E-state index contributed by atoms with van der Waals surface area (Å²) in [6.07, 6.45) is 2.57. The molecule has 26 heavy (non-hydrogen) atoms. The Morgan fingerprint density at radius 1 is 1.31 bits per heavy atom. The lowest BCUT2D eigenvalue weighted by atomic mass is 10.1. The van der Waals surface area contributed by atoms with Crippen LogP contribution in [0, 0.1) is 13.8 Å². The first-order valence-electron chi connectivity index (χ1n) is 8.42. The number of aryl methyl sites for hydroxylation is 2. The van der Waals surface area contributed by atoms with Gasteiger partial charge in [0, 0.05) is 42.2 Å². The van der Waals surface area contributed by atoms with Gasteiger partial charge in [0.25, 0.3) is 5.91 Å². The highest BCUT2D eigenvalue weighted by Crippen LogP contribution is 2.23. The molecule has 0 aliphatic carbocycles. The van der Waals surface area contributed by atoms with Crippen molar-refractivity contribution in [3.63, 3.8) is 0 Å². The number of aromatic nitrogens is 4. The molecule has 0 aromatic carbocycles. The van der Waals surface area contributed by atoms with E-state index in [0.29, 0.717) is 24.6 Å². The van der Waals surface area contributed by atoms with Crippen LogP contribution in [-0.2, 0) is 18.7 Å². The number of nitrogens with zero attached hydrogens (tertiary/aromatic N) is 4. The van der Waals surface area contributed by atoms with Crippen LogP contribution in [0.4, 0.5) is 0 Å². The van der Waals surface area contributed by atoms with Gasteiger partial charge in [-0.05, 0) is 32.0 Å². The minimum absolute atomic E-state index is 0.0873. The molecular weight excluding hydrogens is 350 g/mol. The molecule has 4 heterocycles. The topological polar surface area (TPSA) is 87.9 Å². The van der Waals surface area contributed by atoms with Crippen molar-refractivity contribution in [3.8, 4) is 0 Å². The molecule has 0 spiro atoms. The molecule has 1 aliphatic heterocycles. The SMILES string of the molecule is Cc1cc(C)nc(SCc2ccc(C(=O)N3CCc4[nH]ncc4C3)o2)n1. The van der Waals surface area contributed by atoms with Gasteiger partial charge in [0.15, 0.2) is 10.9 Å².